The van der Waals surface area contributed by atoms with Crippen LogP contribution in [-0.2, 0) is 14.3 Å². The Balaban J connectivity index is 2.10. The molecule has 0 spiro atoms. The molecule has 5 nitrogen and oxygen atoms in total. The predicted molar refractivity (Wildman–Crippen MR) is 55.6 cm³/mol. The number of carbonyl (C=O) groups excluding carboxylic acids is 1. The molecule has 0 saturated carbocycles. The van der Waals surface area contributed by atoms with E-state index in [9.17, 15) is 9.59 Å². The van der Waals surface area contributed by atoms with Crippen LogP contribution in [0.15, 0.2) is 11.8 Å². The summed E-state index contributed by atoms with van der Waals surface area (Å²) in [4.78, 5) is 24.5. The number of piperidine rings is 1. The number of aliphatic carboxylic acids is 1. The van der Waals surface area contributed by atoms with E-state index >= 15 is 0 Å². The number of nitrogens with zero attached hydrogens (tertiary/aromatic N) is 1. The molecular weight excluding hydrogens is 210 g/mol. The molecule has 16 heavy (non-hydrogen) atoms. The third kappa shape index (κ3) is 2.03. The molecule has 1 N–H and O–H groups in total. The second-order valence-corrected chi connectivity index (χ2v) is 4.11. The molecule has 1 fully saturated rings. The van der Waals surface area contributed by atoms with Crippen molar-refractivity contribution in [3.63, 3.8) is 0 Å². The van der Waals surface area contributed by atoms with Gasteiger partial charge in [-0.3, -0.25) is 4.79 Å². The van der Waals surface area contributed by atoms with Crippen LogP contribution in [0.4, 0.5) is 0 Å². The Morgan fingerprint density at radius 3 is 2.88 bits per heavy atom. The number of carboxylic acid groups (broad SMARTS) is 1. The van der Waals surface area contributed by atoms with Gasteiger partial charge in [-0.2, -0.15) is 0 Å². The zero-order valence-electron chi connectivity index (χ0n) is 9.02. The van der Waals surface area contributed by atoms with Crippen molar-refractivity contribution in [3.05, 3.63) is 11.8 Å². The SMILES string of the molecule is O=C(O)C1CCCCN1C(=O)C1=COCC1. The van der Waals surface area contributed by atoms with E-state index < -0.39 is 12.0 Å². The molecule has 1 amide bonds. The van der Waals surface area contributed by atoms with Gasteiger partial charge in [0.2, 0.25) is 0 Å². The Morgan fingerprint density at radius 2 is 2.25 bits per heavy atom. The standard InChI is InChI=1S/C11H15NO4/c13-10(8-4-6-16-7-8)12-5-2-1-3-9(12)11(14)15/h7,9H,1-6H2,(H,14,15). The number of likely N-dealkylation sites (tertiary alicyclic amines) is 1. The minimum absolute atomic E-state index is 0.176. The zero-order chi connectivity index (χ0) is 11.5. The Morgan fingerprint density at radius 1 is 1.44 bits per heavy atom. The zero-order valence-corrected chi connectivity index (χ0v) is 9.02. The van der Waals surface area contributed by atoms with Crippen molar-refractivity contribution in [2.75, 3.05) is 13.2 Å². The molecule has 2 rings (SSSR count). The Kier molecular flexibility index (Phi) is 3.12. The second kappa shape index (κ2) is 4.55. The van der Waals surface area contributed by atoms with Gasteiger partial charge in [-0.1, -0.05) is 0 Å². The summed E-state index contributed by atoms with van der Waals surface area (Å²) in [7, 11) is 0. The van der Waals surface area contributed by atoms with Gasteiger partial charge in [0, 0.05) is 13.0 Å². The molecule has 0 radical (unpaired) electrons. The Labute approximate surface area is 93.7 Å². The number of hydrogen-bond acceptors (Lipinski definition) is 3. The number of rotatable bonds is 2. The maximum Gasteiger partial charge on any atom is 0.326 e. The number of amides is 1. The highest BCUT2D eigenvalue weighted by Gasteiger charge is 2.33. The van der Waals surface area contributed by atoms with Gasteiger partial charge in [-0.15, -0.1) is 0 Å². The van der Waals surface area contributed by atoms with Crippen molar-refractivity contribution in [1.82, 2.24) is 4.90 Å². The smallest absolute Gasteiger partial charge is 0.326 e. The molecule has 0 aromatic rings. The average Bonchev–Trinajstić information content (AvgIpc) is 2.81. The minimum Gasteiger partial charge on any atom is -0.500 e. The average molecular weight is 225 g/mol. The third-order valence-corrected chi connectivity index (χ3v) is 3.04. The molecule has 1 atom stereocenters. The molecule has 2 aliphatic heterocycles. The van der Waals surface area contributed by atoms with Gasteiger partial charge in [-0.05, 0) is 19.3 Å². The number of ether oxygens (including phenoxy) is 1. The molecule has 88 valence electrons. The summed E-state index contributed by atoms with van der Waals surface area (Å²) in [6, 6.07) is -0.664. The summed E-state index contributed by atoms with van der Waals surface area (Å²) >= 11 is 0. The number of carboxylic acids is 1. The first kappa shape index (κ1) is 11.0. The van der Waals surface area contributed by atoms with Crippen LogP contribution < -0.4 is 0 Å². The lowest BCUT2D eigenvalue weighted by molar-refractivity contribution is -0.150. The number of hydrogen-bond donors (Lipinski definition) is 1. The van der Waals surface area contributed by atoms with E-state index in [-0.39, 0.29) is 5.91 Å². The summed E-state index contributed by atoms with van der Waals surface area (Å²) in [5.41, 5.74) is 0.591. The lowest BCUT2D eigenvalue weighted by Crippen LogP contribution is -2.48. The van der Waals surface area contributed by atoms with E-state index in [1.54, 1.807) is 0 Å². The first-order chi connectivity index (χ1) is 7.70. The normalized spacial score (nSPS) is 24.9. The van der Waals surface area contributed by atoms with Crippen LogP contribution in [0.5, 0.6) is 0 Å². The Hall–Kier alpha value is -1.52. The van der Waals surface area contributed by atoms with Crippen LogP contribution in [0.1, 0.15) is 25.7 Å². The first-order valence-electron chi connectivity index (χ1n) is 5.54. The highest BCUT2D eigenvalue weighted by atomic mass is 16.5. The molecule has 1 unspecified atom stereocenters. The fourth-order valence-electron chi connectivity index (χ4n) is 2.16. The first-order valence-corrected chi connectivity index (χ1v) is 5.54. The molecular formula is C11H15NO4. The van der Waals surface area contributed by atoms with Crippen molar-refractivity contribution in [2.24, 2.45) is 0 Å². The van der Waals surface area contributed by atoms with Crippen LogP contribution in [0, 0.1) is 0 Å². The van der Waals surface area contributed by atoms with Crippen molar-refractivity contribution < 1.29 is 19.4 Å². The van der Waals surface area contributed by atoms with Crippen molar-refractivity contribution in [3.8, 4) is 0 Å². The second-order valence-electron chi connectivity index (χ2n) is 4.11. The minimum atomic E-state index is -0.910. The van der Waals surface area contributed by atoms with E-state index in [0.717, 1.165) is 12.8 Å². The van der Waals surface area contributed by atoms with Crippen LogP contribution in [-0.4, -0.2) is 41.1 Å². The molecule has 0 aromatic carbocycles. The predicted octanol–water partition coefficient (Wildman–Crippen LogP) is 0.756. The van der Waals surface area contributed by atoms with Crippen LogP contribution in [0.3, 0.4) is 0 Å². The lowest BCUT2D eigenvalue weighted by atomic mass is 10.0. The molecule has 0 aromatic heterocycles. The maximum atomic E-state index is 12.0. The van der Waals surface area contributed by atoms with Gasteiger partial charge in [0.25, 0.3) is 5.91 Å². The van der Waals surface area contributed by atoms with Gasteiger partial charge >= 0.3 is 5.97 Å². The molecule has 2 aliphatic rings. The van der Waals surface area contributed by atoms with Crippen LogP contribution >= 0.6 is 0 Å². The van der Waals surface area contributed by atoms with Crippen molar-refractivity contribution >= 4 is 11.9 Å². The van der Waals surface area contributed by atoms with Crippen molar-refractivity contribution in [1.29, 1.82) is 0 Å². The van der Waals surface area contributed by atoms with Crippen LogP contribution in [0.2, 0.25) is 0 Å². The van der Waals surface area contributed by atoms with Gasteiger partial charge in [0.1, 0.15) is 6.04 Å². The largest absolute Gasteiger partial charge is 0.500 e. The van der Waals surface area contributed by atoms with Gasteiger partial charge in [0.15, 0.2) is 0 Å². The van der Waals surface area contributed by atoms with Crippen molar-refractivity contribution in [2.45, 2.75) is 31.7 Å². The van der Waals surface area contributed by atoms with Gasteiger partial charge in [-0.25, -0.2) is 4.79 Å². The van der Waals surface area contributed by atoms with E-state index in [1.807, 2.05) is 0 Å². The van der Waals surface area contributed by atoms with E-state index in [0.29, 0.717) is 31.6 Å². The fraction of sp³-hybridized carbons (Fsp3) is 0.636. The highest BCUT2D eigenvalue weighted by molar-refractivity contribution is 5.96. The molecule has 2 heterocycles. The van der Waals surface area contributed by atoms with E-state index in [1.165, 1.54) is 11.2 Å². The summed E-state index contributed by atoms with van der Waals surface area (Å²) in [5.74, 6) is -1.09. The third-order valence-electron chi connectivity index (χ3n) is 3.04. The monoisotopic (exact) mass is 225 g/mol. The van der Waals surface area contributed by atoms with Gasteiger partial charge < -0.3 is 14.7 Å². The topological polar surface area (TPSA) is 66.8 Å². The van der Waals surface area contributed by atoms with Gasteiger partial charge in [0.05, 0.1) is 18.4 Å². The molecule has 0 bridgehead atoms. The summed E-state index contributed by atoms with van der Waals surface area (Å²) in [6.45, 7) is 1.06. The maximum absolute atomic E-state index is 12.0. The van der Waals surface area contributed by atoms with E-state index in [2.05, 4.69) is 0 Å². The summed E-state index contributed by atoms with van der Waals surface area (Å²) in [6.07, 6.45) is 4.34. The highest BCUT2D eigenvalue weighted by Crippen LogP contribution is 2.22. The summed E-state index contributed by atoms with van der Waals surface area (Å²) in [5, 5.41) is 9.06. The van der Waals surface area contributed by atoms with Crippen LogP contribution in [0.25, 0.3) is 0 Å². The molecule has 5 heteroatoms. The lowest BCUT2D eigenvalue weighted by Gasteiger charge is -2.33. The summed E-state index contributed by atoms with van der Waals surface area (Å²) < 4.78 is 5.01. The van der Waals surface area contributed by atoms with E-state index in [4.69, 9.17) is 9.84 Å². The molecule has 1 saturated heterocycles. The number of carbonyl (C=O) groups is 2. The quantitative estimate of drug-likeness (QED) is 0.753. The molecule has 0 aliphatic carbocycles. The fourth-order valence-corrected chi connectivity index (χ4v) is 2.16. The Bertz CT molecular complexity index is 337.